The highest BCUT2D eigenvalue weighted by Gasteiger charge is 2.33. The van der Waals surface area contributed by atoms with Gasteiger partial charge in [-0.15, -0.1) is 0 Å². The molecule has 29 heavy (non-hydrogen) atoms. The van der Waals surface area contributed by atoms with Gasteiger partial charge in [-0.1, -0.05) is 99.6 Å². The Kier molecular flexibility index (Phi) is 6.00. The van der Waals surface area contributed by atoms with Gasteiger partial charge in [0.25, 0.3) is 9.04 Å². The third-order valence-corrected chi connectivity index (χ3v) is 7.70. The zero-order valence-corrected chi connectivity index (χ0v) is 18.6. The molecule has 3 aromatic rings. The molecule has 0 amide bonds. The summed E-state index contributed by atoms with van der Waals surface area (Å²) in [5.41, 5.74) is 4.18. The van der Waals surface area contributed by atoms with Gasteiger partial charge in [-0.3, -0.25) is 0 Å². The van der Waals surface area contributed by atoms with Crippen molar-refractivity contribution in [1.29, 1.82) is 0 Å². The van der Waals surface area contributed by atoms with Crippen molar-refractivity contribution in [3.05, 3.63) is 95.6 Å². The van der Waals surface area contributed by atoms with E-state index in [1.54, 1.807) is 0 Å². The minimum atomic E-state index is -1.36. The summed E-state index contributed by atoms with van der Waals surface area (Å²) < 4.78 is 7.05. The van der Waals surface area contributed by atoms with Crippen LogP contribution in [0.2, 0.25) is 0 Å². The van der Waals surface area contributed by atoms with E-state index in [0.717, 1.165) is 19.5 Å². The van der Waals surface area contributed by atoms with Crippen LogP contribution < -0.4 is 15.7 Å². The van der Waals surface area contributed by atoms with Crippen LogP contribution in [0.3, 0.4) is 0 Å². The van der Waals surface area contributed by atoms with Crippen molar-refractivity contribution in [2.45, 2.75) is 39.8 Å². The molecule has 1 heterocycles. The standard InChI is InChI=1S/C26H30NOSi/c1-26(2,3)25(21-14-15-22-19-27-17-16-20(22)18-21)28-29(23-10-6-4-7-11-23)24-12-8-5-9-13-24/h4-15,18,25,27H,16-17,19H2,1-3H3. The summed E-state index contributed by atoms with van der Waals surface area (Å²) in [6.45, 7) is 8.89. The Labute approximate surface area is 176 Å². The van der Waals surface area contributed by atoms with Crippen molar-refractivity contribution in [1.82, 2.24) is 5.32 Å². The average Bonchev–Trinajstić information content (AvgIpc) is 2.74. The Hall–Kier alpha value is -2.20. The topological polar surface area (TPSA) is 21.3 Å². The van der Waals surface area contributed by atoms with Gasteiger partial charge < -0.3 is 9.74 Å². The molecule has 1 radical (unpaired) electrons. The predicted molar refractivity (Wildman–Crippen MR) is 123 cm³/mol. The van der Waals surface area contributed by atoms with Crippen LogP contribution in [0.1, 0.15) is 43.6 Å². The Morgan fingerprint density at radius 2 is 1.45 bits per heavy atom. The van der Waals surface area contributed by atoms with E-state index in [1.807, 2.05) is 0 Å². The maximum atomic E-state index is 7.05. The van der Waals surface area contributed by atoms with Gasteiger partial charge in [-0.05, 0) is 45.4 Å². The second-order valence-corrected chi connectivity index (χ2v) is 10.9. The van der Waals surface area contributed by atoms with Gasteiger partial charge >= 0.3 is 0 Å². The third-order valence-electron chi connectivity index (χ3n) is 5.51. The zero-order valence-electron chi connectivity index (χ0n) is 17.6. The van der Waals surface area contributed by atoms with E-state index < -0.39 is 9.04 Å². The van der Waals surface area contributed by atoms with E-state index >= 15 is 0 Å². The van der Waals surface area contributed by atoms with E-state index in [4.69, 9.17) is 4.43 Å². The maximum absolute atomic E-state index is 7.05. The molecule has 1 aliphatic rings. The molecule has 0 spiro atoms. The summed E-state index contributed by atoms with van der Waals surface area (Å²) >= 11 is 0. The second kappa shape index (κ2) is 8.66. The lowest BCUT2D eigenvalue weighted by atomic mass is 9.83. The quantitative estimate of drug-likeness (QED) is 0.647. The highest BCUT2D eigenvalue weighted by Crippen LogP contribution is 2.37. The lowest BCUT2D eigenvalue weighted by Crippen LogP contribution is -2.47. The van der Waals surface area contributed by atoms with Gasteiger partial charge in [0.05, 0.1) is 6.10 Å². The van der Waals surface area contributed by atoms with Gasteiger partial charge in [-0.2, -0.15) is 0 Å². The van der Waals surface area contributed by atoms with Gasteiger partial charge in [0.2, 0.25) is 0 Å². The maximum Gasteiger partial charge on any atom is 0.283 e. The van der Waals surface area contributed by atoms with Crippen LogP contribution in [0, 0.1) is 5.41 Å². The molecule has 1 aliphatic heterocycles. The van der Waals surface area contributed by atoms with Crippen molar-refractivity contribution in [2.75, 3.05) is 6.54 Å². The molecule has 0 bridgehead atoms. The highest BCUT2D eigenvalue weighted by molar-refractivity contribution is 6.80. The molecule has 4 rings (SSSR count). The van der Waals surface area contributed by atoms with Crippen LogP contribution in [-0.4, -0.2) is 15.6 Å². The summed E-state index contributed by atoms with van der Waals surface area (Å²) in [6, 6.07) is 28.4. The molecule has 0 saturated carbocycles. The number of benzene rings is 3. The molecule has 0 saturated heterocycles. The molecule has 0 aliphatic carbocycles. The molecule has 3 heteroatoms. The highest BCUT2D eigenvalue weighted by atomic mass is 28.3. The van der Waals surface area contributed by atoms with E-state index in [1.165, 1.54) is 27.1 Å². The molecule has 0 aromatic heterocycles. The Bertz CT molecular complexity index is 894. The van der Waals surface area contributed by atoms with Crippen molar-refractivity contribution >= 4 is 19.4 Å². The lowest BCUT2D eigenvalue weighted by Gasteiger charge is -2.35. The number of nitrogens with one attached hydrogen (secondary N) is 1. The predicted octanol–water partition coefficient (Wildman–Crippen LogP) is 4.24. The van der Waals surface area contributed by atoms with Gasteiger partial charge in [0.1, 0.15) is 0 Å². The molecule has 1 unspecified atom stereocenters. The minimum Gasteiger partial charge on any atom is -0.400 e. The lowest BCUT2D eigenvalue weighted by molar-refractivity contribution is 0.0896. The average molecular weight is 401 g/mol. The van der Waals surface area contributed by atoms with Crippen molar-refractivity contribution in [3.63, 3.8) is 0 Å². The minimum absolute atomic E-state index is 0.000626. The molecule has 0 fully saturated rings. The summed E-state index contributed by atoms with van der Waals surface area (Å²) in [5, 5.41) is 6.05. The summed E-state index contributed by atoms with van der Waals surface area (Å²) in [4.78, 5) is 0. The first kappa shape index (κ1) is 20.1. The van der Waals surface area contributed by atoms with Crippen molar-refractivity contribution in [2.24, 2.45) is 5.41 Å². The monoisotopic (exact) mass is 400 g/mol. The fourth-order valence-corrected chi connectivity index (χ4v) is 6.33. The molecule has 3 aromatic carbocycles. The van der Waals surface area contributed by atoms with Crippen LogP contribution in [0.5, 0.6) is 0 Å². The molecular weight excluding hydrogens is 370 g/mol. The molecular formula is C26H30NOSi. The number of hydrogen-bond acceptors (Lipinski definition) is 2. The van der Waals surface area contributed by atoms with E-state index in [0.29, 0.717) is 0 Å². The Morgan fingerprint density at radius 1 is 0.828 bits per heavy atom. The van der Waals surface area contributed by atoms with Crippen molar-refractivity contribution < 1.29 is 4.43 Å². The van der Waals surface area contributed by atoms with Crippen molar-refractivity contribution in [3.8, 4) is 0 Å². The first-order valence-corrected chi connectivity index (χ1v) is 11.9. The SMILES string of the molecule is CC(C)(C)C(O[Si](c1ccccc1)c1ccccc1)c1ccc2c(c1)CCNC2. The van der Waals surface area contributed by atoms with Crippen LogP contribution in [0.25, 0.3) is 0 Å². The first-order chi connectivity index (χ1) is 14.0. The van der Waals surface area contributed by atoms with Crippen LogP contribution in [0.15, 0.2) is 78.9 Å². The van der Waals surface area contributed by atoms with E-state index in [9.17, 15) is 0 Å². The largest absolute Gasteiger partial charge is 0.400 e. The first-order valence-electron chi connectivity index (χ1n) is 10.5. The fraction of sp³-hybridized carbons (Fsp3) is 0.308. The normalized spacial score (nSPS) is 15.2. The number of rotatable bonds is 5. The van der Waals surface area contributed by atoms with Crippen LogP contribution >= 0.6 is 0 Å². The molecule has 149 valence electrons. The molecule has 1 atom stereocenters. The summed E-state index contributed by atoms with van der Waals surface area (Å²) in [6.07, 6.45) is 1.13. The van der Waals surface area contributed by atoms with Gasteiger partial charge in [0, 0.05) is 6.54 Å². The molecule has 2 nitrogen and oxygen atoms in total. The number of fused-ring (bicyclic) bond motifs is 1. The Balaban J connectivity index is 1.73. The number of hydrogen-bond donors (Lipinski definition) is 1. The zero-order chi connectivity index (χ0) is 20.3. The van der Waals surface area contributed by atoms with E-state index in [-0.39, 0.29) is 11.5 Å². The summed E-state index contributed by atoms with van der Waals surface area (Å²) in [5.74, 6) is 0. The van der Waals surface area contributed by atoms with E-state index in [2.05, 4.69) is 105 Å². The Morgan fingerprint density at radius 3 is 2.03 bits per heavy atom. The fourth-order valence-electron chi connectivity index (χ4n) is 4.00. The van der Waals surface area contributed by atoms with Crippen LogP contribution in [-0.2, 0) is 17.4 Å². The van der Waals surface area contributed by atoms with Gasteiger partial charge in [0.15, 0.2) is 0 Å². The van der Waals surface area contributed by atoms with Gasteiger partial charge in [-0.25, -0.2) is 0 Å². The second-order valence-electron chi connectivity index (χ2n) is 8.88. The molecule has 1 N–H and O–H groups in total. The smallest absolute Gasteiger partial charge is 0.283 e. The third kappa shape index (κ3) is 4.69. The summed E-state index contributed by atoms with van der Waals surface area (Å²) in [7, 11) is -1.36. The van der Waals surface area contributed by atoms with Crippen LogP contribution in [0.4, 0.5) is 0 Å².